The lowest BCUT2D eigenvalue weighted by molar-refractivity contribution is -0.147. The van der Waals surface area contributed by atoms with Crippen LogP contribution in [0.3, 0.4) is 0 Å². The van der Waals surface area contributed by atoms with E-state index in [0.717, 1.165) is 5.56 Å². The van der Waals surface area contributed by atoms with E-state index in [-0.39, 0.29) is 11.8 Å². The van der Waals surface area contributed by atoms with Crippen LogP contribution in [0.25, 0.3) is 0 Å². The molecule has 0 aromatic heterocycles. The van der Waals surface area contributed by atoms with Crippen molar-refractivity contribution in [2.24, 2.45) is 0 Å². The minimum atomic E-state index is -2.12. The Hall–Kier alpha value is -1.21. The maximum Gasteiger partial charge on any atom is 0.331 e. The van der Waals surface area contributed by atoms with E-state index in [2.05, 4.69) is 20.8 Å². The number of ether oxygens (including phenoxy) is 2. The fraction of sp³-hybridized carbons (Fsp3) is 0.611. The first-order valence-corrected chi connectivity index (χ1v) is 11.1. The van der Waals surface area contributed by atoms with Crippen molar-refractivity contribution >= 4 is 14.3 Å². The first kappa shape index (κ1) is 20.8. The van der Waals surface area contributed by atoms with Crippen LogP contribution < -0.4 is 0 Å². The summed E-state index contributed by atoms with van der Waals surface area (Å²) in [4.78, 5) is 11.4. The highest BCUT2D eigenvalue weighted by Crippen LogP contribution is 2.37. The second-order valence-corrected chi connectivity index (χ2v) is 12.1. The van der Waals surface area contributed by atoms with E-state index in [0.29, 0.717) is 19.6 Å². The zero-order valence-electron chi connectivity index (χ0n) is 15.4. The molecule has 5 nitrogen and oxygen atoms in total. The predicted molar refractivity (Wildman–Crippen MR) is 96.4 cm³/mol. The second kappa shape index (κ2) is 9.32. The van der Waals surface area contributed by atoms with E-state index < -0.39 is 20.4 Å². The lowest BCUT2D eigenvalue weighted by Gasteiger charge is -2.38. The molecular weight excluding hydrogens is 324 g/mol. The summed E-state index contributed by atoms with van der Waals surface area (Å²) in [5.74, 6) is -0.936. The van der Waals surface area contributed by atoms with Crippen molar-refractivity contribution in [2.45, 2.75) is 58.0 Å². The van der Waals surface area contributed by atoms with Crippen LogP contribution in [0.2, 0.25) is 18.1 Å². The molecule has 1 atom stereocenters. The van der Waals surface area contributed by atoms with Gasteiger partial charge < -0.3 is 19.0 Å². The van der Waals surface area contributed by atoms with Gasteiger partial charge in [-0.3, -0.25) is 0 Å². The third kappa shape index (κ3) is 7.13. The Bertz CT molecular complexity index is 496. The molecule has 0 spiro atoms. The van der Waals surface area contributed by atoms with Gasteiger partial charge in [-0.05, 0) is 23.7 Å². The van der Waals surface area contributed by atoms with Crippen LogP contribution in [0.1, 0.15) is 32.8 Å². The second-order valence-electron chi connectivity index (χ2n) is 7.35. The molecule has 1 N–H and O–H groups in total. The minimum Gasteiger partial charge on any atom is -0.479 e. The molecule has 1 aromatic rings. The third-order valence-corrected chi connectivity index (χ3v) is 8.81. The molecule has 0 bridgehead atoms. The van der Waals surface area contributed by atoms with Gasteiger partial charge in [0.2, 0.25) is 0 Å². The van der Waals surface area contributed by atoms with Gasteiger partial charge in [-0.25, -0.2) is 4.79 Å². The SMILES string of the molecule is CC(C)(C)[Si](C)(C)OC(CCOCOCc1ccccc1)C(=O)O. The minimum absolute atomic E-state index is 0.0274. The molecular formula is C18H30O5Si. The van der Waals surface area contributed by atoms with Crippen LogP contribution in [0.4, 0.5) is 0 Å². The average Bonchev–Trinajstić information content (AvgIpc) is 2.49. The van der Waals surface area contributed by atoms with Crippen LogP contribution in [0.15, 0.2) is 30.3 Å². The Morgan fingerprint density at radius 3 is 2.33 bits per heavy atom. The maximum absolute atomic E-state index is 11.4. The molecule has 0 radical (unpaired) electrons. The highest BCUT2D eigenvalue weighted by atomic mass is 28.4. The summed E-state index contributed by atoms with van der Waals surface area (Å²) in [5, 5.41) is 9.34. The molecule has 136 valence electrons. The fourth-order valence-corrected chi connectivity index (χ4v) is 3.09. The number of hydrogen-bond donors (Lipinski definition) is 1. The van der Waals surface area contributed by atoms with Crippen LogP contribution in [0, 0.1) is 0 Å². The number of aliphatic carboxylic acids is 1. The predicted octanol–water partition coefficient (Wildman–Crippen LogP) is 4.04. The van der Waals surface area contributed by atoms with E-state index in [1.807, 2.05) is 43.4 Å². The zero-order valence-corrected chi connectivity index (χ0v) is 16.4. The number of carboxylic acids is 1. The Morgan fingerprint density at radius 2 is 1.79 bits per heavy atom. The molecule has 6 heteroatoms. The zero-order chi connectivity index (χ0) is 18.2. The lowest BCUT2D eigenvalue weighted by Crippen LogP contribution is -2.46. The Kier molecular flexibility index (Phi) is 8.09. The van der Waals surface area contributed by atoms with Crippen LogP contribution in [-0.4, -0.2) is 38.9 Å². The summed E-state index contributed by atoms with van der Waals surface area (Å²) >= 11 is 0. The normalized spacial score (nSPS) is 13.7. The molecule has 1 aromatic carbocycles. The van der Waals surface area contributed by atoms with Gasteiger partial charge in [0.05, 0.1) is 13.2 Å². The topological polar surface area (TPSA) is 65.0 Å². The van der Waals surface area contributed by atoms with Gasteiger partial charge in [-0.1, -0.05) is 51.1 Å². The maximum atomic E-state index is 11.4. The highest BCUT2D eigenvalue weighted by molar-refractivity contribution is 6.74. The first-order valence-electron chi connectivity index (χ1n) is 8.23. The van der Waals surface area contributed by atoms with Gasteiger partial charge in [-0.2, -0.15) is 0 Å². The first-order chi connectivity index (χ1) is 11.1. The van der Waals surface area contributed by atoms with Crippen molar-refractivity contribution in [3.8, 4) is 0 Å². The van der Waals surface area contributed by atoms with Gasteiger partial charge in [0, 0.05) is 6.42 Å². The third-order valence-electron chi connectivity index (χ3n) is 4.32. The van der Waals surface area contributed by atoms with Crippen molar-refractivity contribution in [2.75, 3.05) is 13.4 Å². The van der Waals surface area contributed by atoms with Crippen LogP contribution >= 0.6 is 0 Å². The van der Waals surface area contributed by atoms with E-state index in [4.69, 9.17) is 13.9 Å². The Morgan fingerprint density at radius 1 is 1.17 bits per heavy atom. The summed E-state index contributed by atoms with van der Waals surface area (Å²) in [6.07, 6.45) is -0.517. The summed E-state index contributed by atoms with van der Waals surface area (Å²) in [5.41, 5.74) is 1.07. The average molecular weight is 355 g/mol. The van der Waals surface area contributed by atoms with E-state index in [1.165, 1.54) is 0 Å². The Labute approximate surface area is 146 Å². The number of carboxylic acid groups (broad SMARTS) is 1. The standard InChI is InChI=1S/C18H30O5Si/c1-18(2,3)24(4,5)23-16(17(19)20)11-12-21-14-22-13-15-9-7-6-8-10-15/h6-10,16H,11-14H2,1-5H3,(H,19,20). The summed E-state index contributed by atoms with van der Waals surface area (Å²) in [6.45, 7) is 11.3. The summed E-state index contributed by atoms with van der Waals surface area (Å²) in [6, 6.07) is 9.82. The molecule has 24 heavy (non-hydrogen) atoms. The molecule has 0 heterocycles. The molecule has 1 unspecified atom stereocenters. The van der Waals surface area contributed by atoms with E-state index in [9.17, 15) is 9.90 Å². The summed E-state index contributed by atoms with van der Waals surface area (Å²) in [7, 11) is -2.12. The van der Waals surface area contributed by atoms with Gasteiger partial charge in [-0.15, -0.1) is 0 Å². The van der Waals surface area contributed by atoms with Crippen LogP contribution in [-0.2, 0) is 25.3 Å². The summed E-state index contributed by atoms with van der Waals surface area (Å²) < 4.78 is 16.8. The highest BCUT2D eigenvalue weighted by Gasteiger charge is 2.40. The Balaban J connectivity index is 2.30. The molecule has 0 saturated heterocycles. The van der Waals surface area contributed by atoms with Crippen LogP contribution in [0.5, 0.6) is 0 Å². The number of hydrogen-bond acceptors (Lipinski definition) is 4. The van der Waals surface area contributed by atoms with Crippen molar-refractivity contribution < 1.29 is 23.8 Å². The quantitative estimate of drug-likeness (QED) is 0.390. The lowest BCUT2D eigenvalue weighted by atomic mass is 10.2. The molecule has 0 aliphatic heterocycles. The van der Waals surface area contributed by atoms with E-state index in [1.54, 1.807) is 0 Å². The van der Waals surface area contributed by atoms with Crippen molar-refractivity contribution in [1.29, 1.82) is 0 Å². The largest absolute Gasteiger partial charge is 0.479 e. The van der Waals surface area contributed by atoms with E-state index >= 15 is 0 Å². The van der Waals surface area contributed by atoms with Gasteiger partial charge in [0.1, 0.15) is 12.9 Å². The monoisotopic (exact) mass is 354 g/mol. The molecule has 0 aliphatic carbocycles. The van der Waals surface area contributed by atoms with Gasteiger partial charge in [0.25, 0.3) is 0 Å². The molecule has 1 rings (SSSR count). The van der Waals surface area contributed by atoms with Crippen molar-refractivity contribution in [1.82, 2.24) is 0 Å². The van der Waals surface area contributed by atoms with Gasteiger partial charge >= 0.3 is 5.97 Å². The fourth-order valence-electron chi connectivity index (χ4n) is 1.81. The van der Waals surface area contributed by atoms with Crippen molar-refractivity contribution in [3.63, 3.8) is 0 Å². The number of benzene rings is 1. The number of rotatable bonds is 10. The van der Waals surface area contributed by atoms with Crippen molar-refractivity contribution in [3.05, 3.63) is 35.9 Å². The molecule has 0 fully saturated rings. The molecule has 0 saturated carbocycles. The molecule has 0 amide bonds. The van der Waals surface area contributed by atoms with Gasteiger partial charge in [0.15, 0.2) is 8.32 Å². The number of carbonyl (C=O) groups is 1. The smallest absolute Gasteiger partial charge is 0.331 e. The molecule has 0 aliphatic rings.